The van der Waals surface area contributed by atoms with Crippen molar-refractivity contribution in [1.29, 1.82) is 0 Å². The van der Waals surface area contributed by atoms with Gasteiger partial charge in [0.2, 0.25) is 0 Å². The van der Waals surface area contributed by atoms with Gasteiger partial charge in [-0.25, -0.2) is 0 Å². The molecule has 6 rings (SSSR count). The Hall–Kier alpha value is -0.710. The predicted molar refractivity (Wildman–Crippen MR) is 184 cm³/mol. The molecule has 11 atom stereocenters. The Balaban J connectivity index is 1.17. The zero-order valence-electron chi connectivity index (χ0n) is 29.0. The average molecular weight is 625 g/mol. The van der Waals surface area contributed by atoms with Crippen LogP contribution in [-0.2, 0) is 9.47 Å². The Morgan fingerprint density at radius 3 is 2.32 bits per heavy atom. The van der Waals surface area contributed by atoms with Gasteiger partial charge in [0.15, 0.2) is 6.29 Å². The van der Waals surface area contributed by atoms with E-state index < -0.39 is 0 Å². The topological polar surface area (TPSA) is 27.7 Å². The van der Waals surface area contributed by atoms with Gasteiger partial charge in [0.25, 0.3) is 0 Å². The fourth-order valence-electron chi connectivity index (χ4n) is 11.8. The van der Waals surface area contributed by atoms with Crippen molar-refractivity contribution >= 4 is 11.8 Å². The van der Waals surface area contributed by atoms with Gasteiger partial charge in [-0.2, -0.15) is 0 Å². The molecule has 0 bridgehead atoms. The van der Waals surface area contributed by atoms with E-state index in [4.69, 9.17) is 14.2 Å². The molecule has 1 saturated heterocycles. The lowest BCUT2D eigenvalue weighted by Crippen LogP contribution is -2.57. The monoisotopic (exact) mass is 624 g/mol. The molecule has 4 saturated carbocycles. The molecule has 1 aliphatic heterocycles. The summed E-state index contributed by atoms with van der Waals surface area (Å²) in [5.41, 5.74) is 1.02. The Kier molecular flexibility index (Phi) is 10.7. The number of benzene rings is 1. The lowest BCUT2D eigenvalue weighted by atomic mass is 9.43. The van der Waals surface area contributed by atoms with Crippen LogP contribution in [0.4, 0.5) is 0 Å². The summed E-state index contributed by atoms with van der Waals surface area (Å²) in [4.78, 5) is 1.35. The molecule has 5 fully saturated rings. The van der Waals surface area contributed by atoms with Crippen LogP contribution in [0.3, 0.4) is 0 Å². The number of hydrogen-bond acceptors (Lipinski definition) is 4. The third-order valence-corrected chi connectivity index (χ3v) is 15.2. The minimum absolute atomic E-state index is 0.0104. The van der Waals surface area contributed by atoms with E-state index in [1.165, 1.54) is 88.4 Å². The summed E-state index contributed by atoms with van der Waals surface area (Å²) in [6.45, 7) is 13.8. The van der Waals surface area contributed by atoms with Gasteiger partial charge in [0, 0.05) is 17.3 Å². The summed E-state index contributed by atoms with van der Waals surface area (Å²) in [6.07, 6.45) is 19.4. The molecule has 5 aliphatic rings. The van der Waals surface area contributed by atoms with Crippen LogP contribution >= 0.6 is 11.8 Å². The first-order valence-electron chi connectivity index (χ1n) is 18.8. The molecule has 4 aliphatic carbocycles. The largest absolute Gasteiger partial charge is 0.497 e. The lowest BCUT2D eigenvalue weighted by Gasteiger charge is -2.63. The molecular weight excluding hydrogens is 561 g/mol. The summed E-state index contributed by atoms with van der Waals surface area (Å²) in [7, 11) is 1.75. The summed E-state index contributed by atoms with van der Waals surface area (Å²) >= 11 is 2.05. The Morgan fingerprint density at radius 1 is 0.841 bits per heavy atom. The van der Waals surface area contributed by atoms with Crippen molar-refractivity contribution in [3.63, 3.8) is 0 Å². The van der Waals surface area contributed by atoms with Gasteiger partial charge in [0.1, 0.15) is 5.75 Å². The second kappa shape index (κ2) is 14.2. The molecule has 0 aromatic heterocycles. The van der Waals surface area contributed by atoms with Crippen LogP contribution in [0.15, 0.2) is 29.2 Å². The van der Waals surface area contributed by atoms with Crippen LogP contribution in [0, 0.1) is 58.2 Å². The normalized spacial score (nSPS) is 41.1. The van der Waals surface area contributed by atoms with Gasteiger partial charge >= 0.3 is 0 Å². The number of ether oxygens (including phenoxy) is 3. The fraction of sp³-hybridized carbons (Fsp3) is 0.850. The van der Waals surface area contributed by atoms with E-state index in [9.17, 15) is 0 Å². The molecule has 1 aromatic rings. The highest BCUT2D eigenvalue weighted by Crippen LogP contribution is 2.69. The molecule has 248 valence electrons. The van der Waals surface area contributed by atoms with Crippen LogP contribution in [0.1, 0.15) is 125 Å². The summed E-state index contributed by atoms with van der Waals surface area (Å²) in [5.74, 6) is 8.91. The zero-order valence-corrected chi connectivity index (χ0v) is 29.8. The minimum Gasteiger partial charge on any atom is -0.497 e. The van der Waals surface area contributed by atoms with Crippen molar-refractivity contribution in [3.05, 3.63) is 24.3 Å². The molecular formula is C40H64O3S. The van der Waals surface area contributed by atoms with Gasteiger partial charge in [-0.1, -0.05) is 53.9 Å². The van der Waals surface area contributed by atoms with E-state index in [1.54, 1.807) is 7.11 Å². The van der Waals surface area contributed by atoms with Crippen molar-refractivity contribution in [2.75, 3.05) is 19.5 Å². The maximum atomic E-state index is 6.92. The lowest BCUT2D eigenvalue weighted by molar-refractivity contribution is -0.227. The Bertz CT molecular complexity index is 1050. The summed E-state index contributed by atoms with van der Waals surface area (Å²) < 4.78 is 18.5. The summed E-state index contributed by atoms with van der Waals surface area (Å²) in [5, 5.41) is 0. The molecule has 0 spiro atoms. The molecule has 4 heteroatoms. The number of thioether (sulfide) groups is 1. The highest BCUT2D eigenvalue weighted by Gasteiger charge is 2.62. The van der Waals surface area contributed by atoms with Crippen LogP contribution in [0.2, 0.25) is 0 Å². The molecule has 0 radical (unpaired) electrons. The van der Waals surface area contributed by atoms with Crippen molar-refractivity contribution in [3.8, 4) is 5.75 Å². The van der Waals surface area contributed by atoms with E-state index in [0.29, 0.717) is 22.9 Å². The third kappa shape index (κ3) is 6.66. The number of hydrogen-bond donors (Lipinski definition) is 0. The van der Waals surface area contributed by atoms with Crippen LogP contribution < -0.4 is 4.74 Å². The second-order valence-corrected chi connectivity index (χ2v) is 17.9. The molecule has 1 aromatic carbocycles. The molecule has 0 N–H and O–H groups in total. The van der Waals surface area contributed by atoms with Gasteiger partial charge in [-0.05, 0) is 153 Å². The van der Waals surface area contributed by atoms with E-state index >= 15 is 0 Å². The third-order valence-electron chi connectivity index (χ3n) is 14.1. The quantitative estimate of drug-likeness (QED) is 0.181. The van der Waals surface area contributed by atoms with Crippen LogP contribution in [0.5, 0.6) is 5.75 Å². The molecule has 44 heavy (non-hydrogen) atoms. The number of fused-ring (bicyclic) bond motifs is 5. The Morgan fingerprint density at radius 2 is 1.59 bits per heavy atom. The fourth-order valence-corrected chi connectivity index (χ4v) is 12.9. The maximum absolute atomic E-state index is 6.92. The van der Waals surface area contributed by atoms with E-state index in [-0.39, 0.29) is 6.29 Å². The second-order valence-electron chi connectivity index (χ2n) is 16.8. The van der Waals surface area contributed by atoms with Crippen LogP contribution in [-0.4, -0.2) is 31.9 Å². The minimum atomic E-state index is 0.0104. The average Bonchev–Trinajstić information content (AvgIpc) is 3.38. The predicted octanol–water partition coefficient (Wildman–Crippen LogP) is 11.0. The SMILES string of the molecule is COc1ccc(SCC2[C@H](OC3CCCCO3)CC[C@@]3(C)[C@H]2CC[C@@H]2[C@@H]3CC[C@]3(C)[C@@H]([C@H](C)CCCC(C)C)CC[C@@H]23)cc1. The highest BCUT2D eigenvalue weighted by atomic mass is 32.2. The van der Waals surface area contributed by atoms with Crippen molar-refractivity contribution in [1.82, 2.24) is 0 Å². The summed E-state index contributed by atoms with van der Waals surface area (Å²) in [6, 6.07) is 8.71. The van der Waals surface area contributed by atoms with Gasteiger partial charge in [-0.3, -0.25) is 0 Å². The first-order valence-corrected chi connectivity index (χ1v) is 19.8. The van der Waals surface area contributed by atoms with Gasteiger partial charge in [-0.15, -0.1) is 11.8 Å². The van der Waals surface area contributed by atoms with Gasteiger partial charge in [0.05, 0.1) is 13.2 Å². The van der Waals surface area contributed by atoms with Crippen LogP contribution in [0.25, 0.3) is 0 Å². The van der Waals surface area contributed by atoms with E-state index in [2.05, 4.69) is 58.9 Å². The van der Waals surface area contributed by atoms with Gasteiger partial charge < -0.3 is 14.2 Å². The zero-order chi connectivity index (χ0) is 30.9. The van der Waals surface area contributed by atoms with Crippen molar-refractivity contribution in [2.24, 2.45) is 58.2 Å². The standard InChI is InChI=1S/C40H64O3S/c1-27(2)10-9-11-28(3)33-19-20-34-31-17-18-35-32(26-44-30-15-13-29(41-6)14-16-30)37(43-38-12-7-8-25-42-38)22-24-40(35,5)36(31)21-23-39(33,34)4/h13-16,27-28,31-38H,7-12,17-26H2,1-6H3/t28-,31+,32?,33-,34+,35+,36+,37-,38?,39-,40+/m1/s1. The Labute approximate surface area is 274 Å². The molecule has 3 nitrogen and oxygen atoms in total. The van der Waals surface area contributed by atoms with E-state index in [1.807, 2.05) is 11.8 Å². The smallest absolute Gasteiger partial charge is 0.157 e. The van der Waals surface area contributed by atoms with Crippen molar-refractivity contribution in [2.45, 2.75) is 142 Å². The molecule has 0 amide bonds. The first kappa shape index (κ1) is 33.2. The number of rotatable bonds is 11. The number of methoxy groups -OCH3 is 1. The first-order chi connectivity index (χ1) is 21.2. The van der Waals surface area contributed by atoms with E-state index in [0.717, 1.165) is 66.0 Å². The van der Waals surface area contributed by atoms with Crippen molar-refractivity contribution < 1.29 is 14.2 Å². The molecule has 2 unspecified atom stereocenters. The molecule has 1 heterocycles. The highest BCUT2D eigenvalue weighted by molar-refractivity contribution is 7.99. The maximum Gasteiger partial charge on any atom is 0.157 e.